The zero-order valence-electron chi connectivity index (χ0n) is 7.78. The van der Waals surface area contributed by atoms with E-state index in [9.17, 15) is 0 Å². The van der Waals surface area contributed by atoms with Gasteiger partial charge >= 0.3 is 0 Å². The summed E-state index contributed by atoms with van der Waals surface area (Å²) in [5.41, 5.74) is 0. The highest BCUT2D eigenvalue weighted by Gasteiger charge is 2.08. The summed E-state index contributed by atoms with van der Waals surface area (Å²) < 4.78 is 0. The van der Waals surface area contributed by atoms with E-state index in [1.54, 1.807) is 7.05 Å². The van der Waals surface area contributed by atoms with Gasteiger partial charge in [-0.05, 0) is 12.3 Å². The van der Waals surface area contributed by atoms with E-state index in [1.807, 2.05) is 0 Å². The molecule has 0 saturated carbocycles. The molecule has 0 bridgehead atoms. The molecule has 66 valence electrons. The first-order valence-corrected chi connectivity index (χ1v) is 3.97. The highest BCUT2D eigenvalue weighted by molar-refractivity contribution is 4.64. The summed E-state index contributed by atoms with van der Waals surface area (Å²) in [5.74, 6) is 5.80. The van der Waals surface area contributed by atoms with E-state index < -0.39 is 0 Å². The van der Waals surface area contributed by atoms with Crippen molar-refractivity contribution in [2.24, 2.45) is 22.1 Å². The minimum atomic E-state index is 0.293. The normalized spacial score (nSPS) is 14.4. The molecule has 0 heterocycles. The van der Waals surface area contributed by atoms with Crippen LogP contribution in [0.3, 0.4) is 0 Å². The lowest BCUT2D eigenvalue weighted by Gasteiger charge is -2.12. The average Bonchev–Trinajstić information content (AvgIpc) is 1.87. The van der Waals surface area contributed by atoms with Crippen molar-refractivity contribution in [2.75, 3.05) is 7.05 Å². The van der Waals surface area contributed by atoms with Crippen LogP contribution in [0.25, 0.3) is 0 Å². The van der Waals surface area contributed by atoms with Crippen molar-refractivity contribution in [3.63, 3.8) is 0 Å². The van der Waals surface area contributed by atoms with Crippen LogP contribution in [0.5, 0.6) is 0 Å². The van der Waals surface area contributed by atoms with Gasteiger partial charge in [0.05, 0.1) is 6.04 Å². The molecule has 2 N–H and O–H groups in total. The molecule has 4 nitrogen and oxygen atoms in total. The van der Waals surface area contributed by atoms with Gasteiger partial charge in [-0.3, -0.25) is 0 Å². The van der Waals surface area contributed by atoms with Crippen LogP contribution >= 0.6 is 0 Å². The summed E-state index contributed by atoms with van der Waals surface area (Å²) >= 11 is 0. The number of hydrazine groups is 1. The smallest absolute Gasteiger partial charge is 0.0750 e. The molecule has 4 heteroatoms. The molecule has 0 spiro atoms. The molecule has 0 rings (SSSR count). The Kier molecular flexibility index (Phi) is 4.77. The SMILES string of the molecule is CCC(/N=N\N(C)N)C(C)C. The fourth-order valence-corrected chi connectivity index (χ4v) is 0.834. The Balaban J connectivity index is 3.87. The maximum Gasteiger partial charge on any atom is 0.0750 e. The van der Waals surface area contributed by atoms with E-state index in [0.717, 1.165) is 6.42 Å². The first-order chi connectivity index (χ1) is 5.07. The largest absolute Gasteiger partial charge is 0.230 e. The Hall–Kier alpha value is -0.640. The quantitative estimate of drug-likeness (QED) is 0.384. The van der Waals surface area contributed by atoms with Gasteiger partial charge < -0.3 is 0 Å². The van der Waals surface area contributed by atoms with Gasteiger partial charge in [-0.1, -0.05) is 26.0 Å². The highest BCUT2D eigenvalue weighted by Crippen LogP contribution is 2.10. The third kappa shape index (κ3) is 4.72. The van der Waals surface area contributed by atoms with E-state index in [1.165, 1.54) is 5.12 Å². The Morgan fingerprint density at radius 1 is 1.45 bits per heavy atom. The summed E-state index contributed by atoms with van der Waals surface area (Å²) in [6, 6.07) is 0.293. The van der Waals surface area contributed by atoms with E-state index in [0.29, 0.717) is 12.0 Å². The molecule has 0 aliphatic rings. The van der Waals surface area contributed by atoms with Crippen LogP contribution in [-0.2, 0) is 0 Å². The number of hydrogen-bond acceptors (Lipinski definition) is 3. The molecule has 0 aliphatic carbocycles. The van der Waals surface area contributed by atoms with Crippen molar-refractivity contribution in [1.82, 2.24) is 5.12 Å². The van der Waals surface area contributed by atoms with E-state index in [4.69, 9.17) is 5.84 Å². The molecule has 0 aromatic rings. The van der Waals surface area contributed by atoms with Crippen LogP contribution in [-0.4, -0.2) is 18.2 Å². The molecule has 0 saturated heterocycles. The monoisotopic (exact) mass is 158 g/mol. The summed E-state index contributed by atoms with van der Waals surface area (Å²) in [4.78, 5) is 0. The van der Waals surface area contributed by atoms with Gasteiger partial charge in [0.2, 0.25) is 0 Å². The Morgan fingerprint density at radius 3 is 2.27 bits per heavy atom. The second kappa shape index (κ2) is 5.07. The summed E-state index contributed by atoms with van der Waals surface area (Å²) in [7, 11) is 1.66. The van der Waals surface area contributed by atoms with Gasteiger partial charge in [-0.15, -0.1) is 0 Å². The number of rotatable bonds is 4. The topological polar surface area (TPSA) is 54.0 Å². The van der Waals surface area contributed by atoms with E-state index in [-0.39, 0.29) is 0 Å². The number of nitrogens with two attached hydrogens (primary N) is 1. The maximum atomic E-state index is 5.27. The minimum Gasteiger partial charge on any atom is -0.230 e. The standard InChI is InChI=1S/C7H18N4/c1-5-7(6(2)3)9-10-11(4)8/h6-7H,5,8H2,1-4H3/b10-9-. The Morgan fingerprint density at radius 2 is 2.00 bits per heavy atom. The highest BCUT2D eigenvalue weighted by atomic mass is 15.7. The summed E-state index contributed by atoms with van der Waals surface area (Å²) in [5, 5.41) is 9.05. The van der Waals surface area contributed by atoms with Crippen LogP contribution in [0.1, 0.15) is 27.2 Å². The van der Waals surface area contributed by atoms with Crippen molar-refractivity contribution >= 4 is 0 Å². The van der Waals surface area contributed by atoms with Crippen LogP contribution in [0.15, 0.2) is 10.3 Å². The fraction of sp³-hybridized carbons (Fsp3) is 1.00. The molecule has 0 aliphatic heterocycles. The molecule has 1 unspecified atom stereocenters. The summed E-state index contributed by atoms with van der Waals surface area (Å²) in [6.07, 6.45) is 1.01. The predicted molar refractivity (Wildman–Crippen MR) is 45.7 cm³/mol. The van der Waals surface area contributed by atoms with Crippen molar-refractivity contribution in [1.29, 1.82) is 0 Å². The van der Waals surface area contributed by atoms with Crippen LogP contribution in [0.4, 0.5) is 0 Å². The Labute approximate surface area is 68.4 Å². The van der Waals surface area contributed by atoms with Gasteiger partial charge in [-0.25, -0.2) is 11.0 Å². The molecule has 1 atom stereocenters. The maximum absolute atomic E-state index is 5.27. The predicted octanol–water partition coefficient (Wildman–Crippen LogP) is 1.59. The van der Waals surface area contributed by atoms with Crippen LogP contribution in [0.2, 0.25) is 0 Å². The van der Waals surface area contributed by atoms with Gasteiger partial charge in [0.15, 0.2) is 0 Å². The lowest BCUT2D eigenvalue weighted by molar-refractivity contribution is 0.316. The molecular formula is C7H18N4. The average molecular weight is 158 g/mol. The minimum absolute atomic E-state index is 0.293. The van der Waals surface area contributed by atoms with E-state index >= 15 is 0 Å². The van der Waals surface area contributed by atoms with Crippen molar-refractivity contribution in [2.45, 2.75) is 33.2 Å². The molecule has 0 aromatic heterocycles. The van der Waals surface area contributed by atoms with Crippen molar-refractivity contribution in [3.05, 3.63) is 0 Å². The fourth-order valence-electron chi connectivity index (χ4n) is 0.834. The first kappa shape index (κ1) is 10.4. The summed E-state index contributed by atoms with van der Waals surface area (Å²) in [6.45, 7) is 6.35. The Bertz CT molecular complexity index is 120. The van der Waals surface area contributed by atoms with Gasteiger partial charge in [0.1, 0.15) is 0 Å². The van der Waals surface area contributed by atoms with Crippen LogP contribution in [0, 0.1) is 5.92 Å². The van der Waals surface area contributed by atoms with Gasteiger partial charge in [-0.2, -0.15) is 5.11 Å². The molecular weight excluding hydrogens is 140 g/mol. The number of hydrogen-bond donors (Lipinski definition) is 1. The second-order valence-corrected chi connectivity index (χ2v) is 3.00. The molecule has 0 radical (unpaired) electrons. The molecule has 0 aromatic carbocycles. The third-order valence-corrected chi connectivity index (χ3v) is 1.53. The van der Waals surface area contributed by atoms with E-state index in [2.05, 4.69) is 31.1 Å². The van der Waals surface area contributed by atoms with Gasteiger partial charge in [0.25, 0.3) is 0 Å². The van der Waals surface area contributed by atoms with Gasteiger partial charge in [0, 0.05) is 7.05 Å². The van der Waals surface area contributed by atoms with Crippen molar-refractivity contribution in [3.8, 4) is 0 Å². The van der Waals surface area contributed by atoms with Crippen molar-refractivity contribution < 1.29 is 0 Å². The second-order valence-electron chi connectivity index (χ2n) is 3.00. The lowest BCUT2D eigenvalue weighted by atomic mass is 10.0. The lowest BCUT2D eigenvalue weighted by Crippen LogP contribution is -2.20. The molecule has 0 fully saturated rings. The molecule has 11 heavy (non-hydrogen) atoms. The first-order valence-electron chi connectivity index (χ1n) is 3.97. The molecule has 0 amide bonds. The third-order valence-electron chi connectivity index (χ3n) is 1.53. The zero-order chi connectivity index (χ0) is 8.85. The number of nitrogens with zero attached hydrogens (tertiary/aromatic N) is 3. The van der Waals surface area contributed by atoms with Crippen LogP contribution < -0.4 is 5.84 Å². The zero-order valence-corrected chi connectivity index (χ0v) is 7.78.